The average molecular weight is 364 g/mol. The van der Waals surface area contributed by atoms with Crippen LogP contribution < -0.4 is 15.6 Å². The normalized spacial score (nSPS) is 15.1. The Kier molecular flexibility index (Phi) is 5.01. The summed E-state index contributed by atoms with van der Waals surface area (Å²) in [6.07, 6.45) is 3.52. The summed E-state index contributed by atoms with van der Waals surface area (Å²) in [4.78, 5) is 17.0. The highest BCUT2D eigenvalue weighted by molar-refractivity contribution is 6.29. The molecule has 134 valence electrons. The number of anilines is 2. The minimum absolute atomic E-state index is 0.0922. The van der Waals surface area contributed by atoms with Gasteiger partial charge in [-0.25, -0.2) is 4.98 Å². The molecule has 0 unspecified atom stereocenters. The van der Waals surface area contributed by atoms with Gasteiger partial charge in [-0.1, -0.05) is 11.6 Å². The molecule has 3 rings (SSSR count). The number of hydrogen-bond acceptors (Lipinski definition) is 5. The number of aliphatic hydroxyl groups is 1. The van der Waals surface area contributed by atoms with Gasteiger partial charge in [-0.3, -0.25) is 4.79 Å². The lowest BCUT2D eigenvalue weighted by atomic mass is 10.1. The Morgan fingerprint density at radius 3 is 2.72 bits per heavy atom. The van der Waals surface area contributed by atoms with Gasteiger partial charge in [0.05, 0.1) is 19.8 Å². The third-order valence-corrected chi connectivity index (χ3v) is 4.79. The van der Waals surface area contributed by atoms with Crippen LogP contribution >= 0.6 is 11.6 Å². The maximum atomic E-state index is 12.8. The second-order valence-corrected chi connectivity index (χ2v) is 6.86. The van der Waals surface area contributed by atoms with E-state index in [1.807, 2.05) is 26.0 Å². The van der Waals surface area contributed by atoms with Crippen LogP contribution in [-0.4, -0.2) is 28.4 Å². The minimum Gasteiger partial charge on any atom is -0.496 e. The molecule has 2 N–H and O–H groups in total. The first-order valence-electron chi connectivity index (χ1n) is 8.26. The third-order valence-electron chi connectivity index (χ3n) is 4.61. The van der Waals surface area contributed by atoms with Crippen LogP contribution in [0.2, 0.25) is 5.15 Å². The monoisotopic (exact) mass is 363 g/mol. The molecule has 1 fully saturated rings. The van der Waals surface area contributed by atoms with Crippen molar-refractivity contribution in [1.29, 1.82) is 0 Å². The molecule has 7 heteroatoms. The summed E-state index contributed by atoms with van der Waals surface area (Å²) in [6.45, 7) is 3.77. The number of aliphatic hydroxyl groups excluding tert-OH is 1. The van der Waals surface area contributed by atoms with Gasteiger partial charge in [-0.2, -0.15) is 0 Å². The van der Waals surface area contributed by atoms with Crippen LogP contribution in [0, 0.1) is 19.8 Å². The Morgan fingerprint density at radius 1 is 1.40 bits per heavy atom. The predicted molar refractivity (Wildman–Crippen MR) is 98.1 cm³/mol. The molecule has 2 aromatic rings. The summed E-state index contributed by atoms with van der Waals surface area (Å²) < 4.78 is 6.82. The van der Waals surface area contributed by atoms with E-state index >= 15 is 0 Å². The van der Waals surface area contributed by atoms with Crippen LogP contribution in [0.25, 0.3) is 0 Å². The van der Waals surface area contributed by atoms with Gasteiger partial charge >= 0.3 is 0 Å². The lowest BCUT2D eigenvalue weighted by molar-refractivity contribution is 0.209. The molecule has 0 aliphatic heterocycles. The molecule has 1 heterocycles. The van der Waals surface area contributed by atoms with Gasteiger partial charge in [-0.05, 0) is 55.9 Å². The van der Waals surface area contributed by atoms with E-state index in [1.165, 1.54) is 10.8 Å². The number of methoxy groups -OCH3 is 1. The largest absolute Gasteiger partial charge is 0.496 e. The minimum atomic E-state index is -0.289. The number of ether oxygens (including phenoxy) is 1. The molecule has 0 saturated heterocycles. The Labute approximate surface area is 151 Å². The van der Waals surface area contributed by atoms with Crippen molar-refractivity contribution in [2.75, 3.05) is 19.0 Å². The van der Waals surface area contributed by atoms with Gasteiger partial charge in [0.15, 0.2) is 5.82 Å². The Bertz CT molecular complexity index is 846. The molecular formula is C18H22ClN3O3. The van der Waals surface area contributed by atoms with E-state index in [0.29, 0.717) is 5.92 Å². The van der Waals surface area contributed by atoms with Crippen molar-refractivity contribution in [2.24, 2.45) is 5.92 Å². The number of halogens is 1. The van der Waals surface area contributed by atoms with Crippen LogP contribution in [0.3, 0.4) is 0 Å². The van der Waals surface area contributed by atoms with Crippen LogP contribution in [0.5, 0.6) is 5.75 Å². The average Bonchev–Trinajstić information content (AvgIpc) is 3.40. The highest BCUT2D eigenvalue weighted by atomic mass is 35.5. The highest BCUT2D eigenvalue weighted by Gasteiger charge is 2.33. The fraction of sp³-hybridized carbons (Fsp3) is 0.444. The lowest BCUT2D eigenvalue weighted by Gasteiger charge is -2.19. The molecule has 25 heavy (non-hydrogen) atoms. The standard InChI is InChI=1S/C18H22ClN3O3/c1-10-7-15(25-3)11(2)6-13(10)20-17-18(24)22(8-16(19)21-17)14(9-23)12-4-5-12/h6-8,12,14,23H,4-5,9H2,1-3H3,(H,20,21)/t14-/m0/s1. The first-order chi connectivity index (χ1) is 11.9. The molecule has 1 aliphatic rings. The van der Waals surface area contributed by atoms with Crippen LogP contribution in [0.1, 0.15) is 30.0 Å². The van der Waals surface area contributed by atoms with E-state index in [2.05, 4.69) is 10.3 Å². The quantitative estimate of drug-likeness (QED) is 0.824. The summed E-state index contributed by atoms with van der Waals surface area (Å²) in [7, 11) is 1.62. The summed E-state index contributed by atoms with van der Waals surface area (Å²) in [5.41, 5.74) is 2.35. The summed E-state index contributed by atoms with van der Waals surface area (Å²) >= 11 is 6.12. The Morgan fingerprint density at radius 2 is 2.12 bits per heavy atom. The number of aryl methyl sites for hydroxylation is 2. The third kappa shape index (κ3) is 3.65. The fourth-order valence-corrected chi connectivity index (χ4v) is 3.21. The molecule has 0 bridgehead atoms. The molecule has 0 radical (unpaired) electrons. The van der Waals surface area contributed by atoms with Gasteiger partial charge in [0.2, 0.25) is 0 Å². The molecule has 0 amide bonds. The van der Waals surface area contributed by atoms with E-state index in [1.54, 1.807) is 7.11 Å². The van der Waals surface area contributed by atoms with Crippen molar-refractivity contribution < 1.29 is 9.84 Å². The van der Waals surface area contributed by atoms with Crippen molar-refractivity contribution in [1.82, 2.24) is 9.55 Å². The topological polar surface area (TPSA) is 76.4 Å². The SMILES string of the molecule is COc1cc(C)c(Nc2nc(Cl)cn([C@@H](CO)C3CC3)c2=O)cc1C. The first kappa shape index (κ1) is 17.8. The van der Waals surface area contributed by atoms with E-state index < -0.39 is 0 Å². The van der Waals surface area contributed by atoms with Crippen LogP contribution in [-0.2, 0) is 0 Å². The first-order valence-corrected chi connectivity index (χ1v) is 8.64. The van der Waals surface area contributed by atoms with E-state index in [4.69, 9.17) is 16.3 Å². The second-order valence-electron chi connectivity index (χ2n) is 6.47. The zero-order valence-corrected chi connectivity index (χ0v) is 15.3. The summed E-state index contributed by atoms with van der Waals surface area (Å²) in [5, 5.41) is 13.0. The predicted octanol–water partition coefficient (Wildman–Crippen LogP) is 3.21. The van der Waals surface area contributed by atoms with Gasteiger partial charge in [0, 0.05) is 11.9 Å². The number of hydrogen-bond donors (Lipinski definition) is 2. The number of nitrogens with zero attached hydrogens (tertiary/aromatic N) is 2. The van der Waals surface area contributed by atoms with Crippen molar-refractivity contribution in [2.45, 2.75) is 32.7 Å². The lowest BCUT2D eigenvalue weighted by Crippen LogP contribution is -2.30. The second kappa shape index (κ2) is 7.06. The molecule has 1 aliphatic carbocycles. The number of nitrogens with one attached hydrogen (secondary N) is 1. The molecule has 1 atom stereocenters. The van der Waals surface area contributed by atoms with Gasteiger partial charge in [0.1, 0.15) is 10.9 Å². The number of benzene rings is 1. The maximum absolute atomic E-state index is 12.8. The molecule has 1 saturated carbocycles. The van der Waals surface area contributed by atoms with Gasteiger partial charge < -0.3 is 19.7 Å². The van der Waals surface area contributed by atoms with E-state index in [-0.39, 0.29) is 29.2 Å². The zero-order chi connectivity index (χ0) is 18.1. The molecular weight excluding hydrogens is 342 g/mol. The van der Waals surface area contributed by atoms with Gasteiger partial charge in [0.25, 0.3) is 5.56 Å². The van der Waals surface area contributed by atoms with E-state index in [0.717, 1.165) is 35.4 Å². The van der Waals surface area contributed by atoms with Crippen LogP contribution in [0.15, 0.2) is 23.1 Å². The van der Waals surface area contributed by atoms with Crippen LogP contribution in [0.4, 0.5) is 11.5 Å². The Balaban J connectivity index is 1.99. The smallest absolute Gasteiger partial charge is 0.294 e. The van der Waals surface area contributed by atoms with Crippen molar-refractivity contribution in [3.05, 3.63) is 45.0 Å². The van der Waals surface area contributed by atoms with Crippen molar-refractivity contribution in [3.63, 3.8) is 0 Å². The fourth-order valence-electron chi connectivity index (χ4n) is 3.02. The molecule has 0 spiro atoms. The zero-order valence-electron chi connectivity index (χ0n) is 14.5. The van der Waals surface area contributed by atoms with Gasteiger partial charge in [-0.15, -0.1) is 0 Å². The summed E-state index contributed by atoms with van der Waals surface area (Å²) in [6, 6.07) is 3.55. The summed E-state index contributed by atoms with van der Waals surface area (Å²) in [5.74, 6) is 1.26. The Hall–Kier alpha value is -2.05. The van der Waals surface area contributed by atoms with Crippen molar-refractivity contribution in [3.8, 4) is 5.75 Å². The van der Waals surface area contributed by atoms with Crippen molar-refractivity contribution >= 4 is 23.1 Å². The highest BCUT2D eigenvalue weighted by Crippen LogP contribution is 2.39. The van der Waals surface area contributed by atoms with E-state index in [9.17, 15) is 9.90 Å². The number of aromatic nitrogens is 2. The molecule has 1 aromatic heterocycles. The molecule has 6 nitrogen and oxygen atoms in total. The molecule has 1 aromatic carbocycles. The number of rotatable bonds is 6. The maximum Gasteiger partial charge on any atom is 0.294 e.